The molecular weight excluding hydrogens is 272 g/mol. The summed E-state index contributed by atoms with van der Waals surface area (Å²) in [6.07, 6.45) is 4.37. The Bertz CT molecular complexity index is 761. The first-order valence-electron chi connectivity index (χ1n) is 7.41. The molecule has 3 heteroatoms. The summed E-state index contributed by atoms with van der Waals surface area (Å²) in [4.78, 5) is 17.2. The van der Waals surface area contributed by atoms with Gasteiger partial charge >= 0.3 is 0 Å². The summed E-state index contributed by atoms with van der Waals surface area (Å²) in [5.74, 6) is 0.0501. The van der Waals surface area contributed by atoms with Crippen LogP contribution >= 0.6 is 0 Å². The van der Waals surface area contributed by atoms with Crippen LogP contribution in [0.2, 0.25) is 0 Å². The van der Waals surface area contributed by atoms with Crippen LogP contribution in [0.4, 0.5) is 0 Å². The molecule has 3 nitrogen and oxygen atoms in total. The Kier molecular flexibility index (Phi) is 4.24. The molecule has 1 aromatic heterocycles. The van der Waals surface area contributed by atoms with Crippen LogP contribution in [-0.4, -0.2) is 22.8 Å². The van der Waals surface area contributed by atoms with Crippen molar-refractivity contribution in [2.24, 2.45) is 0 Å². The maximum absolute atomic E-state index is 12.2. The zero-order chi connectivity index (χ0) is 15.4. The van der Waals surface area contributed by atoms with Gasteiger partial charge in [-0.05, 0) is 23.6 Å². The summed E-state index contributed by atoms with van der Waals surface area (Å²) < 4.78 is 0. The van der Waals surface area contributed by atoms with Gasteiger partial charge in [0.25, 0.3) is 0 Å². The van der Waals surface area contributed by atoms with Crippen molar-refractivity contribution in [2.45, 2.75) is 13.0 Å². The molecule has 1 amide bonds. The molecule has 0 unspecified atom stereocenters. The number of hydrogen-bond donors (Lipinski definition) is 1. The van der Waals surface area contributed by atoms with E-state index in [1.165, 1.54) is 5.39 Å². The lowest BCUT2D eigenvalue weighted by atomic mass is 10.1. The van der Waals surface area contributed by atoms with E-state index in [2.05, 4.69) is 11.1 Å². The fourth-order valence-corrected chi connectivity index (χ4v) is 2.59. The Balaban J connectivity index is 1.60. The van der Waals surface area contributed by atoms with Crippen LogP contribution in [0, 0.1) is 6.42 Å². The zero-order valence-electron chi connectivity index (χ0n) is 12.6. The van der Waals surface area contributed by atoms with Crippen LogP contribution in [0.3, 0.4) is 0 Å². The Hall–Kier alpha value is -2.55. The van der Waals surface area contributed by atoms with Crippen LogP contribution in [0.15, 0.2) is 60.8 Å². The number of nitrogens with zero attached hydrogens (tertiary/aromatic N) is 1. The Morgan fingerprint density at radius 2 is 1.82 bits per heavy atom. The van der Waals surface area contributed by atoms with Crippen LogP contribution in [0.1, 0.15) is 11.1 Å². The van der Waals surface area contributed by atoms with Gasteiger partial charge in [0.15, 0.2) is 0 Å². The van der Waals surface area contributed by atoms with Crippen molar-refractivity contribution in [2.75, 3.05) is 7.05 Å². The topological polar surface area (TPSA) is 36.1 Å². The van der Waals surface area contributed by atoms with Crippen LogP contribution in [0.25, 0.3) is 10.9 Å². The van der Waals surface area contributed by atoms with Gasteiger partial charge in [-0.1, -0.05) is 48.5 Å². The predicted molar refractivity (Wildman–Crippen MR) is 89.2 cm³/mol. The SMILES string of the molecule is CN(Cc1ccccc1)C(=O)[CH]Cc1c[nH]c2ccccc12. The van der Waals surface area contributed by atoms with E-state index in [1.807, 2.05) is 61.8 Å². The molecule has 1 N–H and O–H groups in total. The molecule has 0 saturated heterocycles. The number of H-pyrrole nitrogens is 1. The Labute approximate surface area is 130 Å². The van der Waals surface area contributed by atoms with Gasteiger partial charge in [0.1, 0.15) is 0 Å². The number of para-hydroxylation sites is 1. The third kappa shape index (κ3) is 3.19. The van der Waals surface area contributed by atoms with Gasteiger partial charge < -0.3 is 9.88 Å². The molecule has 0 fully saturated rings. The van der Waals surface area contributed by atoms with Crippen LogP contribution < -0.4 is 0 Å². The molecule has 0 spiro atoms. The van der Waals surface area contributed by atoms with E-state index < -0.39 is 0 Å². The number of carbonyl (C=O) groups is 1. The summed E-state index contributed by atoms with van der Waals surface area (Å²) in [7, 11) is 1.83. The van der Waals surface area contributed by atoms with Crippen molar-refractivity contribution in [3.05, 3.63) is 78.3 Å². The third-order valence-electron chi connectivity index (χ3n) is 3.81. The van der Waals surface area contributed by atoms with Crippen molar-refractivity contribution in [3.63, 3.8) is 0 Å². The molecule has 3 aromatic rings. The summed E-state index contributed by atoms with van der Waals surface area (Å²) in [5.41, 5.74) is 3.40. The number of nitrogens with one attached hydrogen (secondary N) is 1. The average molecular weight is 291 g/mol. The molecular formula is C19H19N2O. The van der Waals surface area contributed by atoms with Gasteiger partial charge in [-0.15, -0.1) is 0 Å². The maximum Gasteiger partial charge on any atom is 0.226 e. The molecule has 0 aliphatic heterocycles. The van der Waals surface area contributed by atoms with Gasteiger partial charge in [0.05, 0.1) is 6.42 Å². The van der Waals surface area contributed by atoms with Crippen LogP contribution in [-0.2, 0) is 17.8 Å². The van der Waals surface area contributed by atoms with E-state index in [0.29, 0.717) is 13.0 Å². The van der Waals surface area contributed by atoms with Crippen molar-refractivity contribution >= 4 is 16.8 Å². The molecule has 3 rings (SSSR count). The molecule has 1 radical (unpaired) electrons. The molecule has 2 aromatic carbocycles. The standard InChI is InChI=1S/C19H19N2O/c1-21(14-15-7-3-2-4-8-15)19(22)12-11-16-13-20-18-10-6-5-9-17(16)18/h2-10,12-13,20H,11,14H2,1H3. The molecule has 0 atom stereocenters. The quantitative estimate of drug-likeness (QED) is 0.766. The predicted octanol–water partition coefficient (Wildman–Crippen LogP) is 3.57. The molecule has 1 heterocycles. The first kappa shape index (κ1) is 14.4. The lowest BCUT2D eigenvalue weighted by Crippen LogP contribution is -2.26. The smallest absolute Gasteiger partial charge is 0.226 e. The molecule has 0 saturated carbocycles. The number of amides is 1. The Morgan fingerprint density at radius 1 is 1.09 bits per heavy atom. The highest BCUT2D eigenvalue weighted by Gasteiger charge is 2.11. The first-order valence-corrected chi connectivity index (χ1v) is 7.41. The number of rotatable bonds is 5. The zero-order valence-corrected chi connectivity index (χ0v) is 12.6. The van der Waals surface area contributed by atoms with Gasteiger partial charge in [0.2, 0.25) is 5.91 Å². The number of aromatic amines is 1. The number of benzene rings is 2. The number of carbonyl (C=O) groups excluding carboxylic acids is 1. The molecule has 22 heavy (non-hydrogen) atoms. The highest BCUT2D eigenvalue weighted by atomic mass is 16.2. The molecule has 111 valence electrons. The second kappa shape index (κ2) is 6.48. The summed E-state index contributed by atoms with van der Waals surface area (Å²) in [6, 6.07) is 18.2. The van der Waals surface area contributed by atoms with Crippen molar-refractivity contribution in [1.82, 2.24) is 9.88 Å². The number of aromatic nitrogens is 1. The monoisotopic (exact) mass is 291 g/mol. The van der Waals surface area contributed by atoms with E-state index >= 15 is 0 Å². The van der Waals surface area contributed by atoms with E-state index in [-0.39, 0.29) is 5.91 Å². The van der Waals surface area contributed by atoms with E-state index in [0.717, 1.165) is 16.6 Å². The molecule has 0 aliphatic rings. The normalized spacial score (nSPS) is 10.8. The van der Waals surface area contributed by atoms with Gasteiger partial charge in [0, 0.05) is 30.7 Å². The fourth-order valence-electron chi connectivity index (χ4n) is 2.59. The average Bonchev–Trinajstić information content (AvgIpc) is 2.97. The third-order valence-corrected chi connectivity index (χ3v) is 3.81. The van der Waals surface area contributed by atoms with Crippen molar-refractivity contribution in [1.29, 1.82) is 0 Å². The summed E-state index contributed by atoms with van der Waals surface area (Å²) in [6.45, 7) is 0.629. The first-order chi connectivity index (χ1) is 10.7. The van der Waals surface area contributed by atoms with Crippen molar-refractivity contribution < 1.29 is 4.79 Å². The Morgan fingerprint density at radius 3 is 2.64 bits per heavy atom. The second-order valence-corrected chi connectivity index (χ2v) is 5.45. The lowest BCUT2D eigenvalue weighted by molar-refractivity contribution is -0.126. The van der Waals surface area contributed by atoms with Crippen LogP contribution in [0.5, 0.6) is 0 Å². The highest BCUT2D eigenvalue weighted by molar-refractivity contribution is 5.87. The maximum atomic E-state index is 12.2. The minimum atomic E-state index is 0.0501. The summed E-state index contributed by atoms with van der Waals surface area (Å²) >= 11 is 0. The number of hydrogen-bond acceptors (Lipinski definition) is 1. The minimum absolute atomic E-state index is 0.0501. The van der Waals surface area contributed by atoms with E-state index in [4.69, 9.17) is 0 Å². The number of fused-ring (bicyclic) bond motifs is 1. The minimum Gasteiger partial charge on any atom is -0.361 e. The van der Waals surface area contributed by atoms with E-state index in [1.54, 1.807) is 11.3 Å². The second-order valence-electron chi connectivity index (χ2n) is 5.45. The highest BCUT2D eigenvalue weighted by Crippen LogP contribution is 2.19. The van der Waals surface area contributed by atoms with Gasteiger partial charge in [-0.25, -0.2) is 0 Å². The summed E-state index contributed by atoms with van der Waals surface area (Å²) in [5, 5.41) is 1.18. The fraction of sp³-hybridized carbons (Fsp3) is 0.158. The van der Waals surface area contributed by atoms with Gasteiger partial charge in [-0.3, -0.25) is 4.79 Å². The molecule has 0 aliphatic carbocycles. The lowest BCUT2D eigenvalue weighted by Gasteiger charge is -2.17. The largest absolute Gasteiger partial charge is 0.361 e. The van der Waals surface area contributed by atoms with Crippen molar-refractivity contribution in [3.8, 4) is 0 Å². The van der Waals surface area contributed by atoms with E-state index in [9.17, 15) is 4.79 Å². The van der Waals surface area contributed by atoms with Gasteiger partial charge in [-0.2, -0.15) is 0 Å². The molecule has 0 bridgehead atoms.